The first-order chi connectivity index (χ1) is 59.4. The Morgan fingerprint density at radius 3 is 1.63 bits per heavy atom. The molecule has 0 spiro atoms. The van der Waals surface area contributed by atoms with Gasteiger partial charge < -0.3 is 23.8 Å². The Morgan fingerprint density at radius 2 is 1.02 bits per heavy atom. The average molecular weight is 1960 g/mol. The minimum atomic E-state index is -2.82. The fraction of sp³-hybridized carbons (Fsp3) is 0.153. The Hall–Kier alpha value is -10.3. The van der Waals surface area contributed by atoms with Gasteiger partial charge in [0, 0.05) is 78.6 Å². The zero-order chi connectivity index (χ0) is 90.3. The van der Waals surface area contributed by atoms with Crippen LogP contribution in [0, 0.1) is 57.6 Å². The molecule has 0 aliphatic carbocycles. The average Bonchev–Trinajstić information content (AvgIpc) is 1.56. The molecule has 9 aromatic carbocycles. The normalized spacial score (nSPS) is 15.0. The van der Waals surface area contributed by atoms with Gasteiger partial charge in [0.25, 0.3) is 0 Å². The maximum absolute atomic E-state index is 13.7. The molecule has 0 fully saturated rings. The van der Waals surface area contributed by atoms with Gasteiger partial charge in [-0.25, -0.2) is 14.4 Å². The minimum absolute atomic E-state index is 0. The second-order valence-corrected chi connectivity index (χ2v) is 49.6. The number of pyridine rings is 5. The zero-order valence-corrected chi connectivity index (χ0v) is 71.5. The van der Waals surface area contributed by atoms with Crippen LogP contribution >= 0.6 is 0 Å². The van der Waals surface area contributed by atoms with Gasteiger partial charge in [-0.3, -0.25) is 0 Å². The van der Waals surface area contributed by atoms with Crippen molar-refractivity contribution in [1.82, 2.24) is 34.9 Å². The predicted molar refractivity (Wildman–Crippen MR) is 455 cm³/mol. The number of rotatable bonds is 14. The van der Waals surface area contributed by atoms with Crippen molar-refractivity contribution in [2.45, 2.75) is 94.0 Å². The molecule has 0 aliphatic rings. The smallest absolute Gasteiger partial charge is 0.235 e. The van der Waals surface area contributed by atoms with Gasteiger partial charge in [-0.1, -0.05) is 72.8 Å². The summed E-state index contributed by atoms with van der Waals surface area (Å²) in [6.45, 7) is -6.26. The number of halogens is 1. The quantitative estimate of drug-likeness (QED) is 0.0775. The number of hydrogen-bond donors (Lipinski definition) is 0. The van der Waals surface area contributed by atoms with Crippen LogP contribution in [0.3, 0.4) is 0 Å². The summed E-state index contributed by atoms with van der Waals surface area (Å²) in [7, 11) is 0. The summed E-state index contributed by atoms with van der Waals surface area (Å²) in [6, 6.07) is 87.0. The predicted octanol–water partition coefficient (Wildman–Crippen LogP) is 23.9. The van der Waals surface area contributed by atoms with Gasteiger partial charge in [0.15, 0.2) is 0 Å². The van der Waals surface area contributed by atoms with E-state index in [2.05, 4.69) is 143 Å². The van der Waals surface area contributed by atoms with Crippen LogP contribution in [0.4, 0.5) is 4.39 Å². The molecule has 0 aliphatic heterocycles. The molecule has 2 radical (unpaired) electrons. The first-order valence-electron chi connectivity index (χ1n) is 43.8. The van der Waals surface area contributed by atoms with E-state index >= 15 is 0 Å². The number of nitrogens with zero attached hydrogens (tertiary/aromatic N) is 7. The first-order valence-corrected chi connectivity index (χ1v) is 50.5. The third kappa shape index (κ3) is 19.1. The molecule has 8 aromatic heterocycles. The molecular weight excluding hydrogens is 1860 g/mol. The van der Waals surface area contributed by atoms with Crippen LogP contribution in [-0.4, -0.2) is 61.4 Å². The van der Waals surface area contributed by atoms with Gasteiger partial charge in [-0.2, -0.15) is 0 Å². The van der Waals surface area contributed by atoms with Crippen molar-refractivity contribution < 1.29 is 75.4 Å². The molecule has 112 heavy (non-hydrogen) atoms. The number of furan rings is 2. The van der Waals surface area contributed by atoms with Crippen LogP contribution in [0.1, 0.15) is 103 Å². The van der Waals surface area contributed by atoms with E-state index in [-0.39, 0.29) is 74.0 Å². The van der Waals surface area contributed by atoms with Crippen molar-refractivity contribution in [2.24, 2.45) is 0 Å². The van der Waals surface area contributed by atoms with Crippen molar-refractivity contribution >= 4 is 79.6 Å². The fourth-order valence-electron chi connectivity index (χ4n) is 12.9. The van der Waals surface area contributed by atoms with Crippen molar-refractivity contribution in [3.05, 3.63) is 366 Å². The Balaban J connectivity index is 0.000000155. The summed E-state index contributed by atoms with van der Waals surface area (Å²) < 4.78 is 156. The number of aryl methyl sites for hydroxylation is 4. The number of benzene rings is 9. The maximum atomic E-state index is 13.7. The van der Waals surface area contributed by atoms with E-state index in [9.17, 15) is 7.13 Å². The van der Waals surface area contributed by atoms with Gasteiger partial charge in [-0.15, -0.1) is 35.4 Å². The summed E-state index contributed by atoms with van der Waals surface area (Å²) in [6.07, 6.45) is 8.23. The maximum Gasteiger partial charge on any atom is 0.235 e. The Morgan fingerprint density at radius 1 is 0.455 bits per heavy atom. The van der Waals surface area contributed by atoms with Crippen LogP contribution in [0.25, 0.3) is 112 Å². The Kier molecular flexibility index (Phi) is 20.0. The Labute approximate surface area is 711 Å². The molecule has 0 amide bonds. The molecular formula is C98H86FGe2Ir2N7O2-4. The molecule has 0 saturated heterocycles. The monoisotopic (exact) mass is 1960 g/mol. The number of fused-ring (bicyclic) bond motifs is 6. The summed E-state index contributed by atoms with van der Waals surface area (Å²) in [5, 5.41) is 1.65. The van der Waals surface area contributed by atoms with E-state index in [0.29, 0.717) is 77.9 Å². The van der Waals surface area contributed by atoms with Crippen LogP contribution in [0.5, 0.6) is 0 Å². The van der Waals surface area contributed by atoms with Gasteiger partial charge in [0.05, 0.1) is 17.0 Å². The van der Waals surface area contributed by atoms with E-state index in [1.165, 1.54) is 50.9 Å². The van der Waals surface area contributed by atoms with Gasteiger partial charge in [0.2, 0.25) is 5.71 Å². The standard InChI is InChI=1S/C28H28GeN.C24H18N3O.C23H14FN2O.C23H26GeN.2Ir/c1-21(22-12-7-5-8-13-22)26-19-28(30-20-27(26)29(2,3)4)25-17-11-16-24(18-25)23-14-9-6-10-15-23;1-14-11-21(25-13-20(14)17-7-5-4-6-8-17)18-9-10-22-19(12-18)23-24(28-22)27-16(3)15(2)26-23;24-18-6-7-22-19(13-18)20-12-17(14-26-23(20)27-22)21-11-16(8-9-25-21)10-15-4-2-1-3-5-15;1-17-11-13-20(14-12-17)23-15-21(22(16-25-23)24(3,4)5)18(2)19-9-7-6-8-10-19;;/h5-16,18-21H,1-4H3;4-8,10-13H,1-3H3;1-9,11-13H,10H2;6-13,15-16,18H,1-5H3;;/q4*-1;;/i21D;1D3,2D3,3D3;10D2;1D3,18D;;. The fourth-order valence-corrected chi connectivity index (χ4v) is 19.3. The van der Waals surface area contributed by atoms with E-state index < -0.39 is 83.5 Å². The SMILES string of the molecule is [2H]C(C)(c1ccccc1)c1cc(-c2[c-]ccc(-c3ccccc3)c2)nc[c]1[Ge]([CH3])([CH3])[CH3].[2H]C([2H])([2H])c1c[c-]c(-c2cc(C([2H])(C)c3ccccc3)[c]([Ge]([CH3])([CH3])[CH3])cn2)cc1.[2H]C([2H])([2H])c1cc(-c2[c-]cc3oc4nc(C([2H])([2H])[2H])c(C([2H])([2H])[2H])nc4c3c2)ncc1-c1ccccc1.[2H]C([2H])(c1ccccc1)c1ccnc(-c2[c-]nc3oc4ccc(F)cc4c3c2)c1.[Ir].[Ir]. The summed E-state index contributed by atoms with van der Waals surface area (Å²) in [5.41, 5.74) is 13.8. The molecule has 0 bridgehead atoms. The molecule has 17 rings (SSSR count). The van der Waals surface area contributed by atoms with Gasteiger partial charge >= 0.3 is 345 Å². The Bertz CT molecular complexity index is 6800. The van der Waals surface area contributed by atoms with Crippen molar-refractivity contribution in [3.8, 4) is 67.3 Å². The molecule has 0 saturated carbocycles. The molecule has 562 valence electrons. The van der Waals surface area contributed by atoms with Crippen LogP contribution in [-0.2, 0) is 46.6 Å². The first kappa shape index (κ1) is 62.3. The summed E-state index contributed by atoms with van der Waals surface area (Å²) >= 11 is -4.55. The molecule has 17 aromatic rings. The van der Waals surface area contributed by atoms with E-state index in [4.69, 9.17) is 33.0 Å². The third-order valence-corrected chi connectivity index (χ3v) is 27.2. The zero-order valence-electron chi connectivity index (χ0n) is 78.5. The number of hydrogen-bond acceptors (Lipinski definition) is 9. The molecule has 9 nitrogen and oxygen atoms in total. The third-order valence-electron chi connectivity index (χ3n) is 18.8. The van der Waals surface area contributed by atoms with Crippen LogP contribution < -0.4 is 8.79 Å². The second-order valence-electron chi connectivity index (χ2n) is 28.5. The largest absolute Gasteiger partial charge is 0.485 e. The van der Waals surface area contributed by atoms with E-state index in [0.717, 1.165) is 44.6 Å². The van der Waals surface area contributed by atoms with E-state index in [1.54, 1.807) is 72.9 Å². The molecule has 14 heteroatoms. The minimum Gasteiger partial charge on any atom is -0.485 e. The molecule has 2 atom stereocenters. The van der Waals surface area contributed by atoms with Gasteiger partial charge in [-0.05, 0) is 102 Å². The van der Waals surface area contributed by atoms with Gasteiger partial charge in [0.1, 0.15) is 22.6 Å². The molecule has 2 unspecified atom stereocenters. The second kappa shape index (κ2) is 36.0. The topological polar surface area (TPSA) is 117 Å². The van der Waals surface area contributed by atoms with Crippen LogP contribution in [0.15, 0.2) is 288 Å². The molecule has 0 N–H and O–H groups in total. The summed E-state index contributed by atoms with van der Waals surface area (Å²) in [5.74, 6) is 11.9. The van der Waals surface area contributed by atoms with E-state index in [1.807, 2.05) is 129 Å². The molecule has 8 heterocycles. The van der Waals surface area contributed by atoms with Crippen molar-refractivity contribution in [3.63, 3.8) is 0 Å². The number of aromatic nitrogens is 7. The summed E-state index contributed by atoms with van der Waals surface area (Å²) in [4.78, 5) is 30.7. The van der Waals surface area contributed by atoms with Crippen molar-refractivity contribution in [2.75, 3.05) is 0 Å². The van der Waals surface area contributed by atoms with Crippen LogP contribution in [0.2, 0.25) is 34.5 Å². The van der Waals surface area contributed by atoms with Crippen molar-refractivity contribution in [1.29, 1.82) is 0 Å².